The van der Waals surface area contributed by atoms with Crippen molar-refractivity contribution < 1.29 is 10.2 Å². The highest BCUT2D eigenvalue weighted by atomic mass is 16.3. The van der Waals surface area contributed by atoms with Gasteiger partial charge in [-0.1, -0.05) is 6.92 Å². The minimum absolute atomic E-state index is 0.0168. The molecule has 1 aromatic heterocycles. The minimum Gasteiger partial charge on any atom is -0.395 e. The summed E-state index contributed by atoms with van der Waals surface area (Å²) in [4.78, 5) is 14.3. The van der Waals surface area contributed by atoms with E-state index >= 15 is 0 Å². The van der Waals surface area contributed by atoms with Crippen LogP contribution >= 0.6 is 0 Å². The highest BCUT2D eigenvalue weighted by Gasteiger charge is 2.12. The van der Waals surface area contributed by atoms with E-state index in [9.17, 15) is 4.79 Å². The maximum Gasteiger partial charge on any atom is 0.350 e. The van der Waals surface area contributed by atoms with E-state index in [1.807, 2.05) is 43.0 Å². The Kier molecular flexibility index (Phi) is 5.95. The topological polar surface area (TPSA) is 83.5 Å². The number of nitrogens with zero attached hydrogens (tertiary/aromatic N) is 4. The summed E-state index contributed by atoms with van der Waals surface area (Å²) in [5.41, 5.74) is 1.47. The van der Waals surface area contributed by atoms with Gasteiger partial charge in [0.2, 0.25) is 0 Å². The third kappa shape index (κ3) is 3.80. The first-order valence-electron chi connectivity index (χ1n) is 7.85. The van der Waals surface area contributed by atoms with Crippen LogP contribution in [-0.2, 0) is 0 Å². The Balaban J connectivity index is 2.26. The first kappa shape index (κ1) is 17.2. The molecule has 0 unspecified atom stereocenters. The number of aromatic nitrogens is 3. The van der Waals surface area contributed by atoms with Crippen LogP contribution in [-0.4, -0.2) is 50.9 Å². The molecule has 23 heavy (non-hydrogen) atoms. The average Bonchev–Trinajstić information content (AvgIpc) is 2.96. The van der Waals surface area contributed by atoms with Crippen LogP contribution in [0.3, 0.4) is 0 Å². The first-order valence-corrected chi connectivity index (χ1v) is 7.85. The van der Waals surface area contributed by atoms with Gasteiger partial charge < -0.3 is 15.1 Å². The van der Waals surface area contributed by atoms with Gasteiger partial charge in [0.1, 0.15) is 6.33 Å². The molecule has 0 aliphatic heterocycles. The highest BCUT2D eigenvalue weighted by molar-refractivity contribution is 5.51. The van der Waals surface area contributed by atoms with E-state index in [0.717, 1.165) is 17.8 Å². The lowest BCUT2D eigenvalue weighted by atomic mass is 10.2. The molecule has 7 nitrogen and oxygen atoms in total. The number of rotatable bonds is 8. The SMILES string of the molecule is CC[C@@H](C)n1ncn(-c2ccc(N(CCO)CCO)cc2)c1=O. The zero-order valence-corrected chi connectivity index (χ0v) is 13.6. The Morgan fingerprint density at radius 1 is 1.17 bits per heavy atom. The molecule has 0 aliphatic carbocycles. The Morgan fingerprint density at radius 2 is 1.78 bits per heavy atom. The molecule has 2 N–H and O–H groups in total. The number of aliphatic hydroxyl groups excluding tert-OH is 2. The predicted molar refractivity (Wildman–Crippen MR) is 89.2 cm³/mol. The molecular formula is C16H24N4O3. The number of anilines is 1. The van der Waals surface area contributed by atoms with Gasteiger partial charge in [0, 0.05) is 18.8 Å². The molecule has 0 spiro atoms. The minimum atomic E-state index is -0.158. The molecule has 0 fully saturated rings. The lowest BCUT2D eigenvalue weighted by Gasteiger charge is -2.23. The summed E-state index contributed by atoms with van der Waals surface area (Å²) in [5.74, 6) is 0. The van der Waals surface area contributed by atoms with Crippen molar-refractivity contribution in [2.24, 2.45) is 0 Å². The van der Waals surface area contributed by atoms with Crippen LogP contribution < -0.4 is 10.6 Å². The van der Waals surface area contributed by atoms with E-state index in [1.165, 1.54) is 15.6 Å². The fourth-order valence-electron chi connectivity index (χ4n) is 2.40. The third-order valence-corrected chi connectivity index (χ3v) is 3.93. The van der Waals surface area contributed by atoms with Crippen LogP contribution in [0, 0.1) is 0 Å². The van der Waals surface area contributed by atoms with Crippen molar-refractivity contribution in [2.45, 2.75) is 26.3 Å². The van der Waals surface area contributed by atoms with Gasteiger partial charge in [-0.05, 0) is 37.6 Å². The summed E-state index contributed by atoms with van der Waals surface area (Å²) in [5, 5.41) is 22.4. The fraction of sp³-hybridized carbons (Fsp3) is 0.500. The Bertz CT molecular complexity index is 657. The van der Waals surface area contributed by atoms with Crippen molar-refractivity contribution in [1.82, 2.24) is 14.3 Å². The van der Waals surface area contributed by atoms with E-state index in [0.29, 0.717) is 13.1 Å². The van der Waals surface area contributed by atoms with Gasteiger partial charge in [-0.15, -0.1) is 0 Å². The molecule has 0 amide bonds. The molecule has 7 heteroatoms. The quantitative estimate of drug-likeness (QED) is 0.751. The van der Waals surface area contributed by atoms with Gasteiger partial charge in [-0.2, -0.15) is 5.10 Å². The van der Waals surface area contributed by atoms with Crippen molar-refractivity contribution in [1.29, 1.82) is 0 Å². The molecule has 0 saturated carbocycles. The number of hydrogen-bond acceptors (Lipinski definition) is 5. The number of aliphatic hydroxyl groups is 2. The fourth-order valence-corrected chi connectivity index (χ4v) is 2.40. The van der Waals surface area contributed by atoms with Gasteiger partial charge in [0.05, 0.1) is 24.9 Å². The van der Waals surface area contributed by atoms with Crippen molar-refractivity contribution >= 4 is 5.69 Å². The van der Waals surface area contributed by atoms with Crippen LogP contribution in [0.15, 0.2) is 35.4 Å². The summed E-state index contributed by atoms with van der Waals surface area (Å²) in [7, 11) is 0. The Hall–Kier alpha value is -2.12. The van der Waals surface area contributed by atoms with E-state index in [1.54, 1.807) is 0 Å². The Morgan fingerprint density at radius 3 is 2.30 bits per heavy atom. The summed E-state index contributed by atoms with van der Waals surface area (Å²) in [6, 6.07) is 7.47. The standard InChI is InChI=1S/C16H24N4O3/c1-3-13(2)20-16(23)19(12-17-20)15-6-4-14(5-7-15)18(8-10-21)9-11-22/h4-7,12-13,21-22H,3,8-11H2,1-2H3/t13-/m1/s1. The normalized spacial score (nSPS) is 12.3. The molecule has 126 valence electrons. The molecule has 0 bridgehead atoms. The smallest absolute Gasteiger partial charge is 0.350 e. The molecule has 1 aromatic carbocycles. The monoisotopic (exact) mass is 320 g/mol. The second-order valence-corrected chi connectivity index (χ2v) is 5.44. The zero-order valence-electron chi connectivity index (χ0n) is 13.6. The summed E-state index contributed by atoms with van der Waals surface area (Å²) >= 11 is 0. The molecule has 1 heterocycles. The zero-order chi connectivity index (χ0) is 16.8. The lowest BCUT2D eigenvalue weighted by Crippen LogP contribution is -2.29. The molecule has 2 aromatic rings. The molecule has 0 saturated heterocycles. The van der Waals surface area contributed by atoms with Gasteiger partial charge in [-0.3, -0.25) is 0 Å². The van der Waals surface area contributed by atoms with E-state index in [4.69, 9.17) is 10.2 Å². The van der Waals surface area contributed by atoms with Gasteiger partial charge in [0.15, 0.2) is 0 Å². The van der Waals surface area contributed by atoms with Crippen LogP contribution in [0.1, 0.15) is 26.3 Å². The number of hydrogen-bond donors (Lipinski definition) is 2. The highest BCUT2D eigenvalue weighted by Crippen LogP contribution is 2.16. The average molecular weight is 320 g/mol. The van der Waals surface area contributed by atoms with E-state index < -0.39 is 0 Å². The van der Waals surface area contributed by atoms with Gasteiger partial charge in [0.25, 0.3) is 0 Å². The second-order valence-electron chi connectivity index (χ2n) is 5.44. The summed E-state index contributed by atoms with van der Waals surface area (Å²) in [6.45, 7) is 4.91. The van der Waals surface area contributed by atoms with Gasteiger partial charge in [-0.25, -0.2) is 14.0 Å². The predicted octanol–water partition coefficient (Wildman–Crippen LogP) is 0.796. The molecule has 1 atom stereocenters. The molecule has 2 rings (SSSR count). The lowest BCUT2D eigenvalue weighted by molar-refractivity contribution is 0.281. The largest absolute Gasteiger partial charge is 0.395 e. The van der Waals surface area contributed by atoms with Crippen molar-refractivity contribution in [2.75, 3.05) is 31.2 Å². The Labute approximate surface area is 135 Å². The molecule has 0 aliphatic rings. The van der Waals surface area contributed by atoms with Crippen LogP contribution in [0.5, 0.6) is 0 Å². The number of benzene rings is 1. The molecule has 0 radical (unpaired) electrons. The maximum atomic E-state index is 12.4. The summed E-state index contributed by atoms with van der Waals surface area (Å²) in [6.07, 6.45) is 2.37. The van der Waals surface area contributed by atoms with Crippen LogP contribution in [0.25, 0.3) is 5.69 Å². The first-order chi connectivity index (χ1) is 11.1. The van der Waals surface area contributed by atoms with Crippen molar-refractivity contribution in [3.63, 3.8) is 0 Å². The van der Waals surface area contributed by atoms with Crippen LogP contribution in [0.4, 0.5) is 5.69 Å². The molecular weight excluding hydrogens is 296 g/mol. The van der Waals surface area contributed by atoms with Crippen molar-refractivity contribution in [3.8, 4) is 5.69 Å². The summed E-state index contributed by atoms with van der Waals surface area (Å²) < 4.78 is 3.00. The van der Waals surface area contributed by atoms with Crippen molar-refractivity contribution in [3.05, 3.63) is 41.1 Å². The van der Waals surface area contributed by atoms with Gasteiger partial charge >= 0.3 is 5.69 Å². The van der Waals surface area contributed by atoms with E-state index in [-0.39, 0.29) is 24.9 Å². The van der Waals surface area contributed by atoms with Crippen LogP contribution in [0.2, 0.25) is 0 Å². The second kappa shape index (κ2) is 7.94. The maximum absolute atomic E-state index is 12.4. The third-order valence-electron chi connectivity index (χ3n) is 3.93. The van der Waals surface area contributed by atoms with E-state index in [2.05, 4.69) is 5.10 Å².